The van der Waals surface area contributed by atoms with Crippen LogP contribution in [0.1, 0.15) is 196 Å². The van der Waals surface area contributed by atoms with E-state index >= 15 is 0 Å². The molecule has 0 spiro atoms. The second-order valence-electron chi connectivity index (χ2n) is 23.2. The van der Waals surface area contributed by atoms with E-state index in [1.165, 1.54) is 59.1 Å². The fourth-order valence-corrected chi connectivity index (χ4v) is 11.0. The zero-order chi connectivity index (χ0) is 55.8. The Morgan fingerprint density at radius 3 is 1.36 bits per heavy atom. The molecule has 14 heteroatoms. The van der Waals surface area contributed by atoms with E-state index in [0.29, 0.717) is 26.1 Å². The number of esters is 1. The van der Waals surface area contributed by atoms with Crippen molar-refractivity contribution in [1.82, 2.24) is 19.1 Å². The van der Waals surface area contributed by atoms with E-state index < -0.39 is 13.1 Å². The van der Waals surface area contributed by atoms with Gasteiger partial charge in [0.1, 0.15) is 36.4 Å². The van der Waals surface area contributed by atoms with Gasteiger partial charge in [0.25, 0.3) is 0 Å². The quantitative estimate of drug-likeness (QED) is 0.0593. The number of halogens is 1. The van der Waals surface area contributed by atoms with Crippen molar-refractivity contribution in [3.8, 4) is 11.5 Å². The molecule has 12 nitrogen and oxygen atoms in total. The third-order valence-electron chi connectivity index (χ3n) is 15.7. The molecule has 2 aliphatic rings. The third-order valence-corrected chi connectivity index (χ3v) is 16.4. The maximum Gasteiger partial charge on any atom is 0.451 e. The van der Waals surface area contributed by atoms with Crippen LogP contribution in [-0.2, 0) is 69.7 Å². The number of nitrogens with zero attached hydrogens (tertiary/aromatic N) is 4. The van der Waals surface area contributed by atoms with Crippen molar-refractivity contribution in [2.75, 3.05) is 6.61 Å². The molecule has 77 heavy (non-hydrogen) atoms. The molecule has 416 valence electrons. The Bertz CT molecular complexity index is 2900. The number of carboxylic acid groups (broad SMARTS) is 1. The number of hydrogen-bond donors (Lipinski definition) is 3. The Labute approximate surface area is 468 Å². The van der Waals surface area contributed by atoms with Gasteiger partial charge in [-0.2, -0.15) is 0 Å². The summed E-state index contributed by atoms with van der Waals surface area (Å²) in [4.78, 5) is 32.7. The number of aromatic nitrogens is 4. The summed E-state index contributed by atoms with van der Waals surface area (Å²) in [5, 5.41) is 25.3. The van der Waals surface area contributed by atoms with Crippen molar-refractivity contribution in [3.05, 3.63) is 164 Å². The van der Waals surface area contributed by atoms with Gasteiger partial charge < -0.3 is 38.5 Å². The van der Waals surface area contributed by atoms with Crippen molar-refractivity contribution in [1.29, 1.82) is 0 Å². The lowest BCUT2D eigenvalue weighted by Crippen LogP contribution is -2.34. The first kappa shape index (κ1) is 62.2. The highest BCUT2D eigenvalue weighted by atomic mass is 79.9. The summed E-state index contributed by atoms with van der Waals surface area (Å²) in [5.41, 5.74) is 12.2. The minimum Gasteiger partial charge on any atom is -0.489 e. The molecule has 0 bridgehead atoms. The van der Waals surface area contributed by atoms with Crippen LogP contribution in [-0.4, -0.2) is 59.9 Å². The number of aliphatic carboxylic acids is 1. The van der Waals surface area contributed by atoms with E-state index in [1.54, 1.807) is 19.3 Å². The number of carbonyl (C=O) groups is 2. The topological polar surface area (TPSA) is 158 Å². The van der Waals surface area contributed by atoms with Crippen LogP contribution in [0.15, 0.2) is 102 Å². The number of carboxylic acids is 1. The smallest absolute Gasteiger partial charge is 0.451 e. The third kappa shape index (κ3) is 15.5. The van der Waals surface area contributed by atoms with Crippen LogP contribution in [0, 0.1) is 0 Å². The number of benzene rings is 4. The van der Waals surface area contributed by atoms with Gasteiger partial charge >= 0.3 is 19.1 Å². The van der Waals surface area contributed by atoms with Crippen LogP contribution in [0.5, 0.6) is 11.5 Å². The van der Waals surface area contributed by atoms with Crippen LogP contribution < -0.4 is 9.47 Å². The van der Waals surface area contributed by atoms with Crippen LogP contribution in [0.2, 0.25) is 6.32 Å². The number of imidazole rings is 2. The van der Waals surface area contributed by atoms with E-state index in [1.807, 2.05) is 91.1 Å². The first-order valence-corrected chi connectivity index (χ1v) is 27.7. The van der Waals surface area contributed by atoms with E-state index in [9.17, 15) is 14.7 Å². The van der Waals surface area contributed by atoms with Crippen LogP contribution in [0.3, 0.4) is 0 Å². The molecular formula is C63H86BBrN4O8. The predicted molar refractivity (Wildman–Crippen MR) is 313 cm³/mol. The predicted octanol–water partition coefficient (Wildman–Crippen LogP) is 13.8. The van der Waals surface area contributed by atoms with Gasteiger partial charge in [0.05, 0.1) is 31.3 Å². The number of fused-ring (bicyclic) bond motifs is 2. The van der Waals surface area contributed by atoms with E-state index in [4.69, 9.17) is 24.3 Å². The molecule has 0 saturated carbocycles. The summed E-state index contributed by atoms with van der Waals surface area (Å²) in [6.07, 6.45) is 13.6. The zero-order valence-corrected chi connectivity index (χ0v) is 48.9. The normalized spacial score (nSPS) is 16.1. The van der Waals surface area contributed by atoms with Crippen LogP contribution in [0.25, 0.3) is 0 Å². The molecule has 0 radical (unpaired) electrons. The molecule has 2 heterocycles. The molecule has 0 aliphatic heterocycles. The molecule has 2 atom stereocenters. The number of hydrogen-bond acceptors (Lipinski definition) is 9. The average molecular weight is 1120 g/mol. The highest BCUT2D eigenvalue weighted by molar-refractivity contribution is 9.10. The second-order valence-corrected chi connectivity index (χ2v) is 24.0. The molecule has 0 saturated heterocycles. The zero-order valence-electron chi connectivity index (χ0n) is 47.3. The Balaban J connectivity index is 0.000000258. The van der Waals surface area contributed by atoms with E-state index in [0.717, 1.165) is 50.7 Å². The minimum absolute atomic E-state index is 0. The molecule has 2 aromatic heterocycles. The fourth-order valence-electron chi connectivity index (χ4n) is 10.5. The largest absolute Gasteiger partial charge is 0.489 e. The second kappa shape index (κ2) is 26.3. The van der Waals surface area contributed by atoms with E-state index in [2.05, 4.69) is 112 Å². The highest BCUT2D eigenvalue weighted by Gasteiger charge is 2.39. The van der Waals surface area contributed by atoms with Crippen molar-refractivity contribution in [3.63, 3.8) is 0 Å². The van der Waals surface area contributed by atoms with Gasteiger partial charge in [0.2, 0.25) is 0 Å². The molecule has 0 fully saturated rings. The van der Waals surface area contributed by atoms with Crippen molar-refractivity contribution >= 4 is 35.0 Å². The molecular weight excluding hydrogens is 1030 g/mol. The molecule has 2 aliphatic carbocycles. The monoisotopic (exact) mass is 1120 g/mol. The van der Waals surface area contributed by atoms with Gasteiger partial charge in [0, 0.05) is 48.9 Å². The molecule has 8 rings (SSSR count). The lowest BCUT2D eigenvalue weighted by molar-refractivity contribution is -0.143. The summed E-state index contributed by atoms with van der Waals surface area (Å²) in [7, 11) is 2.72. The van der Waals surface area contributed by atoms with Gasteiger partial charge in [-0.1, -0.05) is 135 Å². The Kier molecular flexibility index (Phi) is 21.2. The highest BCUT2D eigenvalue weighted by Crippen LogP contribution is 2.48. The molecule has 4 aromatic carbocycles. The lowest BCUT2D eigenvalue weighted by atomic mass is 9.62. The minimum atomic E-state index is -1.12. The fraction of sp³-hybridized carbons (Fsp3) is 0.492. The Morgan fingerprint density at radius 2 is 1.00 bits per heavy atom. The molecule has 0 unspecified atom stereocenters. The van der Waals surface area contributed by atoms with Crippen molar-refractivity contribution < 1.29 is 39.0 Å². The maximum absolute atomic E-state index is 12.3. The number of aryl methyl sites for hydroxylation is 3. The average Bonchev–Trinajstić information content (AvgIpc) is 4.01. The van der Waals surface area contributed by atoms with Gasteiger partial charge in [-0.3, -0.25) is 9.59 Å². The van der Waals surface area contributed by atoms with Gasteiger partial charge in [0.15, 0.2) is 0 Å². The van der Waals surface area contributed by atoms with Crippen molar-refractivity contribution in [2.45, 2.75) is 182 Å². The van der Waals surface area contributed by atoms with Gasteiger partial charge in [-0.05, 0) is 142 Å². The first-order chi connectivity index (χ1) is 35.8. The summed E-state index contributed by atoms with van der Waals surface area (Å²) >= 11 is 3.80. The Morgan fingerprint density at radius 1 is 0.623 bits per heavy atom. The molecule has 6 aromatic rings. The van der Waals surface area contributed by atoms with Crippen molar-refractivity contribution in [2.24, 2.45) is 14.1 Å². The number of ether oxygens (including phenoxy) is 3. The van der Waals surface area contributed by atoms with Gasteiger partial charge in [-0.25, -0.2) is 9.97 Å². The molecule has 3 N–H and O–H groups in total. The van der Waals surface area contributed by atoms with Crippen LogP contribution >= 0.6 is 15.9 Å². The maximum atomic E-state index is 12.3. The van der Waals surface area contributed by atoms with Crippen LogP contribution in [0.4, 0.5) is 0 Å². The number of rotatable bonds is 17. The standard InChI is InChI=1S/C30H37BrN2O3.C30H38N2O3.C2H7BO2.CH4/c1-7-35-27(34)17-23(28-32-14-15-33(28)6)20-8-10-22(11-9-20)36-19-21-16-24-25(18-26(21)31)30(4,5)13-12-29(24,2)3;1-7-20-16-25-26(30(4,5)13-12-29(25,2)3)17-22(20)19-35-23-10-8-21(9-11-23)24(18-27(33)34)28-31-14-15-32(28)6;1-2-3(4)5;/h8-11,14-16,18,23H,7,12-13,17,19H2,1-6H3;8-11,14-17,24H,7,12-13,18-19H2,1-6H3,(H,33,34);4-5H,2H2,1H3;1H4/t23-;24-;;/m00../s1. The lowest BCUT2D eigenvalue weighted by Gasteiger charge is -2.42. The van der Waals surface area contributed by atoms with Gasteiger partial charge in [-0.15, -0.1) is 0 Å². The molecule has 0 amide bonds. The number of carbonyl (C=O) groups excluding carboxylic acids is 1. The first-order valence-electron chi connectivity index (χ1n) is 26.9. The summed E-state index contributed by atoms with van der Waals surface area (Å²) in [6.45, 7) is 25.9. The summed E-state index contributed by atoms with van der Waals surface area (Å²) in [6, 6.07) is 25.2. The summed E-state index contributed by atoms with van der Waals surface area (Å²) < 4.78 is 22.6. The Hall–Kier alpha value is -5.70. The van der Waals surface area contributed by atoms with E-state index in [-0.39, 0.29) is 59.7 Å². The SMILES string of the molecule is C.CCB(O)O.CCOC(=O)C[C@@H](c1ccc(OCc2cc3c(cc2Br)C(C)(C)CCC3(C)C)cc1)c1nccn1C.CCc1cc2c(cc1COc1ccc([C@H](CC(=O)O)c3nccn3C)cc1)C(C)(C)CCC2(C)C. The summed E-state index contributed by atoms with van der Waals surface area (Å²) in [5.74, 6) is 1.59.